The lowest BCUT2D eigenvalue weighted by Crippen LogP contribution is -2.00. The molecule has 0 atom stereocenters. The van der Waals surface area contributed by atoms with Crippen LogP contribution in [0.15, 0.2) is 28.9 Å². The first-order valence-electron chi connectivity index (χ1n) is 6.41. The van der Waals surface area contributed by atoms with E-state index in [0.29, 0.717) is 0 Å². The van der Waals surface area contributed by atoms with Crippen molar-refractivity contribution in [2.45, 2.75) is 13.8 Å². The molecule has 1 aromatic heterocycles. The summed E-state index contributed by atoms with van der Waals surface area (Å²) in [4.78, 5) is 10.9. The standard InChI is InChI=1S/C14H11ClN4O3/c1-7-3-4-10(8(2)5-7)16-11-6-9(15)12-13(18-22-17-12)14(11)19(20)21/h3-6,16H,1-2H3. The fraction of sp³-hybridized carbons (Fsp3) is 0.143. The highest BCUT2D eigenvalue weighted by Crippen LogP contribution is 2.38. The molecule has 3 aromatic rings. The van der Waals surface area contributed by atoms with E-state index in [2.05, 4.69) is 20.3 Å². The van der Waals surface area contributed by atoms with Crippen LogP contribution in [-0.2, 0) is 0 Å². The number of aromatic nitrogens is 2. The molecule has 0 bridgehead atoms. The maximum atomic E-state index is 11.4. The Hall–Kier alpha value is -2.67. The van der Waals surface area contributed by atoms with Crippen molar-refractivity contribution in [3.05, 3.63) is 50.5 Å². The number of aryl methyl sites for hydroxylation is 2. The Kier molecular flexibility index (Phi) is 3.42. The van der Waals surface area contributed by atoms with Gasteiger partial charge in [-0.05, 0) is 41.9 Å². The monoisotopic (exact) mass is 318 g/mol. The first-order chi connectivity index (χ1) is 10.5. The van der Waals surface area contributed by atoms with Crippen LogP contribution in [0.3, 0.4) is 0 Å². The van der Waals surface area contributed by atoms with Gasteiger partial charge in [-0.1, -0.05) is 29.3 Å². The summed E-state index contributed by atoms with van der Waals surface area (Å²) in [5.74, 6) is 0. The maximum Gasteiger partial charge on any atom is 0.324 e. The molecule has 0 fully saturated rings. The molecule has 0 unspecified atom stereocenters. The van der Waals surface area contributed by atoms with Crippen LogP contribution in [0, 0.1) is 24.0 Å². The minimum Gasteiger partial charge on any atom is -0.350 e. The van der Waals surface area contributed by atoms with Crippen molar-refractivity contribution in [3.63, 3.8) is 0 Å². The topological polar surface area (TPSA) is 94.1 Å². The fourth-order valence-corrected chi connectivity index (χ4v) is 2.50. The van der Waals surface area contributed by atoms with Crippen LogP contribution >= 0.6 is 11.6 Å². The molecule has 0 aliphatic rings. The smallest absolute Gasteiger partial charge is 0.324 e. The largest absolute Gasteiger partial charge is 0.350 e. The summed E-state index contributed by atoms with van der Waals surface area (Å²) >= 11 is 6.09. The number of hydrogen-bond donors (Lipinski definition) is 1. The predicted molar refractivity (Wildman–Crippen MR) is 82.7 cm³/mol. The van der Waals surface area contributed by atoms with Crippen LogP contribution in [0.2, 0.25) is 5.02 Å². The van der Waals surface area contributed by atoms with E-state index in [4.69, 9.17) is 11.6 Å². The molecule has 1 N–H and O–H groups in total. The molecule has 0 saturated carbocycles. The van der Waals surface area contributed by atoms with Gasteiger partial charge in [0.05, 0.1) is 9.95 Å². The van der Waals surface area contributed by atoms with E-state index in [1.165, 1.54) is 6.07 Å². The van der Waals surface area contributed by atoms with E-state index >= 15 is 0 Å². The van der Waals surface area contributed by atoms with Crippen LogP contribution in [0.4, 0.5) is 17.1 Å². The highest BCUT2D eigenvalue weighted by Gasteiger charge is 2.25. The summed E-state index contributed by atoms with van der Waals surface area (Å²) in [7, 11) is 0. The average molecular weight is 319 g/mol. The molecular formula is C14H11ClN4O3. The Morgan fingerprint density at radius 1 is 1.18 bits per heavy atom. The highest BCUT2D eigenvalue weighted by atomic mass is 35.5. The number of nitro benzene ring substituents is 1. The normalized spacial score (nSPS) is 10.9. The highest BCUT2D eigenvalue weighted by molar-refractivity contribution is 6.35. The minimum absolute atomic E-state index is 0.0183. The molecule has 0 spiro atoms. The van der Waals surface area contributed by atoms with Gasteiger partial charge in [-0.25, -0.2) is 4.63 Å². The molecule has 0 aliphatic carbocycles. The molecule has 0 aliphatic heterocycles. The van der Waals surface area contributed by atoms with Crippen molar-refractivity contribution in [3.8, 4) is 0 Å². The Balaban J connectivity index is 2.17. The van der Waals surface area contributed by atoms with Crippen molar-refractivity contribution >= 4 is 39.7 Å². The van der Waals surface area contributed by atoms with E-state index < -0.39 is 4.92 Å². The summed E-state index contributed by atoms with van der Waals surface area (Å²) in [6.45, 7) is 3.89. The van der Waals surface area contributed by atoms with E-state index in [1.807, 2.05) is 32.0 Å². The minimum atomic E-state index is -0.533. The van der Waals surface area contributed by atoms with Gasteiger partial charge in [-0.15, -0.1) is 0 Å². The first kappa shape index (κ1) is 14.3. The van der Waals surface area contributed by atoms with E-state index in [1.54, 1.807) is 0 Å². The third-order valence-corrected chi connectivity index (χ3v) is 3.59. The Labute approximate surface area is 130 Å². The maximum absolute atomic E-state index is 11.4. The lowest BCUT2D eigenvalue weighted by Gasteiger charge is -2.11. The van der Waals surface area contributed by atoms with Gasteiger partial charge in [0, 0.05) is 5.69 Å². The molecule has 3 rings (SSSR count). The second kappa shape index (κ2) is 5.27. The third kappa shape index (κ3) is 2.35. The molecular weight excluding hydrogens is 308 g/mol. The summed E-state index contributed by atoms with van der Waals surface area (Å²) < 4.78 is 4.56. The average Bonchev–Trinajstić information content (AvgIpc) is 2.91. The number of benzene rings is 2. The molecule has 0 saturated heterocycles. The summed E-state index contributed by atoms with van der Waals surface area (Å²) in [5.41, 5.74) is 3.02. The number of nitrogens with zero attached hydrogens (tertiary/aromatic N) is 3. The van der Waals surface area contributed by atoms with E-state index in [-0.39, 0.29) is 27.4 Å². The van der Waals surface area contributed by atoms with Crippen molar-refractivity contribution < 1.29 is 9.55 Å². The number of fused-ring (bicyclic) bond motifs is 1. The Morgan fingerprint density at radius 2 is 1.91 bits per heavy atom. The molecule has 112 valence electrons. The first-order valence-corrected chi connectivity index (χ1v) is 6.78. The van der Waals surface area contributed by atoms with Gasteiger partial charge < -0.3 is 5.32 Å². The van der Waals surface area contributed by atoms with Crippen LogP contribution in [-0.4, -0.2) is 15.2 Å². The second-order valence-corrected chi connectivity index (χ2v) is 5.32. The van der Waals surface area contributed by atoms with Crippen molar-refractivity contribution in [1.29, 1.82) is 0 Å². The lowest BCUT2D eigenvalue weighted by atomic mass is 10.1. The molecule has 1 heterocycles. The molecule has 22 heavy (non-hydrogen) atoms. The number of halogens is 1. The molecule has 8 heteroatoms. The quantitative estimate of drug-likeness (QED) is 0.576. The van der Waals surface area contributed by atoms with Gasteiger partial charge in [0.1, 0.15) is 5.69 Å². The number of nitrogens with one attached hydrogen (secondary N) is 1. The van der Waals surface area contributed by atoms with Crippen LogP contribution in [0.5, 0.6) is 0 Å². The van der Waals surface area contributed by atoms with Gasteiger partial charge in [0.25, 0.3) is 0 Å². The molecule has 7 nitrogen and oxygen atoms in total. The zero-order valence-electron chi connectivity index (χ0n) is 11.8. The van der Waals surface area contributed by atoms with Gasteiger partial charge >= 0.3 is 5.69 Å². The number of rotatable bonds is 3. The zero-order valence-corrected chi connectivity index (χ0v) is 12.5. The number of anilines is 2. The second-order valence-electron chi connectivity index (χ2n) is 4.92. The van der Waals surface area contributed by atoms with Gasteiger partial charge in [0.2, 0.25) is 5.52 Å². The van der Waals surface area contributed by atoms with Crippen molar-refractivity contribution in [2.24, 2.45) is 0 Å². The Bertz CT molecular complexity index is 891. The van der Waals surface area contributed by atoms with E-state index in [9.17, 15) is 10.1 Å². The van der Waals surface area contributed by atoms with Gasteiger partial charge in [-0.2, -0.15) is 0 Å². The zero-order chi connectivity index (χ0) is 15.9. The van der Waals surface area contributed by atoms with Gasteiger partial charge in [0.15, 0.2) is 5.52 Å². The van der Waals surface area contributed by atoms with Gasteiger partial charge in [-0.3, -0.25) is 10.1 Å². The van der Waals surface area contributed by atoms with Crippen LogP contribution in [0.1, 0.15) is 11.1 Å². The van der Waals surface area contributed by atoms with E-state index in [0.717, 1.165) is 16.8 Å². The van der Waals surface area contributed by atoms with Crippen LogP contribution in [0.25, 0.3) is 11.0 Å². The summed E-state index contributed by atoms with van der Waals surface area (Å²) in [6.07, 6.45) is 0. The summed E-state index contributed by atoms with van der Waals surface area (Å²) in [5, 5.41) is 21.8. The number of hydrogen-bond acceptors (Lipinski definition) is 6. The lowest BCUT2D eigenvalue weighted by molar-refractivity contribution is -0.382. The van der Waals surface area contributed by atoms with Crippen molar-refractivity contribution in [2.75, 3.05) is 5.32 Å². The van der Waals surface area contributed by atoms with Crippen LogP contribution < -0.4 is 5.32 Å². The summed E-state index contributed by atoms with van der Waals surface area (Å²) in [6, 6.07) is 7.20. The molecule has 0 amide bonds. The van der Waals surface area contributed by atoms with Crippen molar-refractivity contribution in [1.82, 2.24) is 10.3 Å². The molecule has 0 radical (unpaired) electrons. The number of nitro groups is 1. The predicted octanol–water partition coefficient (Wildman–Crippen LogP) is 4.14. The Morgan fingerprint density at radius 3 is 2.59 bits per heavy atom. The fourth-order valence-electron chi connectivity index (χ4n) is 2.27. The SMILES string of the molecule is Cc1ccc(Nc2cc(Cl)c3nonc3c2[N+](=O)[O-])c(C)c1. The molecule has 2 aromatic carbocycles. The third-order valence-electron chi connectivity index (χ3n) is 3.30.